The Hall–Kier alpha value is -2.05. The molecule has 0 fully saturated rings. The molecule has 0 aliphatic rings. The number of aromatic nitrogens is 2. The van der Waals surface area contributed by atoms with Crippen molar-refractivity contribution in [3.8, 4) is 5.69 Å². The number of aliphatic hydroxyl groups is 1. The van der Waals surface area contributed by atoms with E-state index in [1.165, 1.54) is 4.90 Å². The van der Waals surface area contributed by atoms with Crippen LogP contribution in [-0.2, 0) is 0 Å². The Labute approximate surface area is 140 Å². The molecule has 2 N–H and O–H groups in total. The zero-order valence-corrected chi connectivity index (χ0v) is 14.4. The lowest BCUT2D eigenvalue weighted by Crippen LogP contribution is -2.41. The summed E-state index contributed by atoms with van der Waals surface area (Å²) in [6.07, 6.45) is 1.80. The van der Waals surface area contributed by atoms with Gasteiger partial charge < -0.3 is 10.0 Å². The summed E-state index contributed by atoms with van der Waals surface area (Å²) in [5, 5.41) is 17.5. The first-order valence-corrected chi connectivity index (χ1v) is 7.61. The first kappa shape index (κ1) is 17.3. The van der Waals surface area contributed by atoms with E-state index in [-0.39, 0.29) is 12.6 Å². The summed E-state index contributed by atoms with van der Waals surface area (Å²) < 4.78 is 1.63. The van der Waals surface area contributed by atoms with Gasteiger partial charge in [-0.15, -0.1) is 5.10 Å². The molecule has 0 aliphatic carbocycles. The standard InChI is InChI=1S/C16H21ClN4O2/c1-11-9-21(13-8-6-5-7-12(13)17)19-14(11)18-15(22)20(4)10-16(2,3)23/h5-9,23H,10H2,1-4H3,(H,18,19,22). The van der Waals surface area contributed by atoms with Gasteiger partial charge in [0, 0.05) is 18.8 Å². The summed E-state index contributed by atoms with van der Waals surface area (Å²) in [4.78, 5) is 13.6. The van der Waals surface area contributed by atoms with Crippen LogP contribution in [0.25, 0.3) is 5.69 Å². The molecule has 0 saturated carbocycles. The van der Waals surface area contributed by atoms with Crippen molar-refractivity contribution in [3.05, 3.63) is 41.0 Å². The van der Waals surface area contributed by atoms with Gasteiger partial charge in [-0.2, -0.15) is 0 Å². The quantitative estimate of drug-likeness (QED) is 0.901. The van der Waals surface area contributed by atoms with Crippen LogP contribution in [0.4, 0.5) is 10.6 Å². The summed E-state index contributed by atoms with van der Waals surface area (Å²) in [5.74, 6) is 0.456. The predicted molar refractivity (Wildman–Crippen MR) is 91.3 cm³/mol. The maximum Gasteiger partial charge on any atom is 0.322 e. The van der Waals surface area contributed by atoms with E-state index >= 15 is 0 Å². The first-order valence-electron chi connectivity index (χ1n) is 7.23. The van der Waals surface area contributed by atoms with Crippen LogP contribution < -0.4 is 5.32 Å². The topological polar surface area (TPSA) is 70.4 Å². The smallest absolute Gasteiger partial charge is 0.322 e. The van der Waals surface area contributed by atoms with Gasteiger partial charge >= 0.3 is 6.03 Å². The van der Waals surface area contributed by atoms with Crippen molar-refractivity contribution < 1.29 is 9.90 Å². The first-order chi connectivity index (χ1) is 10.7. The zero-order chi connectivity index (χ0) is 17.2. The van der Waals surface area contributed by atoms with Gasteiger partial charge in [-0.25, -0.2) is 9.48 Å². The highest BCUT2D eigenvalue weighted by molar-refractivity contribution is 6.32. The van der Waals surface area contributed by atoms with Gasteiger partial charge in [0.2, 0.25) is 0 Å². The fourth-order valence-corrected chi connectivity index (χ4v) is 2.42. The van der Waals surface area contributed by atoms with E-state index in [4.69, 9.17) is 11.6 Å². The molecule has 124 valence electrons. The third-order valence-electron chi connectivity index (χ3n) is 3.19. The van der Waals surface area contributed by atoms with Crippen molar-refractivity contribution in [1.29, 1.82) is 0 Å². The van der Waals surface area contributed by atoms with E-state index in [0.29, 0.717) is 10.8 Å². The largest absolute Gasteiger partial charge is 0.389 e. The third-order valence-corrected chi connectivity index (χ3v) is 3.51. The fraction of sp³-hybridized carbons (Fsp3) is 0.375. The SMILES string of the molecule is Cc1cn(-c2ccccc2Cl)nc1NC(=O)N(C)CC(C)(C)O. The molecule has 0 saturated heterocycles. The minimum atomic E-state index is -0.960. The number of urea groups is 1. The highest BCUT2D eigenvalue weighted by atomic mass is 35.5. The molecule has 0 unspecified atom stereocenters. The Kier molecular flexibility index (Phi) is 4.97. The second-order valence-electron chi connectivity index (χ2n) is 6.16. The number of anilines is 1. The molecule has 0 bridgehead atoms. The van der Waals surface area contributed by atoms with Crippen molar-refractivity contribution in [2.24, 2.45) is 0 Å². The average Bonchev–Trinajstić information content (AvgIpc) is 2.78. The van der Waals surface area contributed by atoms with E-state index in [0.717, 1.165) is 11.3 Å². The second-order valence-corrected chi connectivity index (χ2v) is 6.56. The lowest BCUT2D eigenvalue weighted by atomic mass is 10.1. The van der Waals surface area contributed by atoms with Crippen LogP contribution in [-0.4, -0.2) is 45.0 Å². The number of benzene rings is 1. The molecule has 0 atom stereocenters. The molecule has 0 radical (unpaired) electrons. The molecular formula is C16H21ClN4O2. The second kappa shape index (κ2) is 6.60. The van der Waals surface area contributed by atoms with Gasteiger partial charge in [0.25, 0.3) is 0 Å². The molecule has 23 heavy (non-hydrogen) atoms. The lowest BCUT2D eigenvalue weighted by molar-refractivity contribution is 0.0550. The molecule has 7 heteroatoms. The van der Waals surface area contributed by atoms with E-state index in [2.05, 4.69) is 10.4 Å². The van der Waals surface area contributed by atoms with Crippen molar-refractivity contribution >= 4 is 23.4 Å². The molecule has 0 spiro atoms. The molecule has 0 aliphatic heterocycles. The molecule has 2 rings (SSSR count). The number of halogens is 1. The maximum absolute atomic E-state index is 12.2. The number of carbonyl (C=O) groups excluding carboxylic acids is 1. The highest BCUT2D eigenvalue weighted by Crippen LogP contribution is 2.22. The highest BCUT2D eigenvalue weighted by Gasteiger charge is 2.20. The number of para-hydroxylation sites is 1. The van der Waals surface area contributed by atoms with Gasteiger partial charge in [-0.1, -0.05) is 23.7 Å². The molecule has 1 aromatic carbocycles. The van der Waals surface area contributed by atoms with Crippen molar-refractivity contribution in [3.63, 3.8) is 0 Å². The van der Waals surface area contributed by atoms with Crippen LogP contribution in [0.3, 0.4) is 0 Å². The number of hydrogen-bond acceptors (Lipinski definition) is 3. The molecule has 6 nitrogen and oxygen atoms in total. The van der Waals surface area contributed by atoms with Crippen LogP contribution >= 0.6 is 11.6 Å². The number of hydrogen-bond donors (Lipinski definition) is 2. The van der Waals surface area contributed by atoms with Crippen LogP contribution in [0.1, 0.15) is 19.4 Å². The van der Waals surface area contributed by atoms with Crippen LogP contribution in [0.2, 0.25) is 5.02 Å². The fourth-order valence-electron chi connectivity index (χ4n) is 2.19. The normalized spacial score (nSPS) is 11.4. The summed E-state index contributed by atoms with van der Waals surface area (Å²) in [5.41, 5.74) is 0.593. The maximum atomic E-state index is 12.2. The Morgan fingerprint density at radius 2 is 2.09 bits per heavy atom. The predicted octanol–water partition coefficient (Wildman–Crippen LogP) is 3.07. The van der Waals surface area contributed by atoms with Gasteiger partial charge in [0.05, 0.1) is 22.9 Å². The van der Waals surface area contributed by atoms with Gasteiger partial charge in [-0.3, -0.25) is 5.32 Å². The minimum Gasteiger partial charge on any atom is -0.389 e. The summed E-state index contributed by atoms with van der Waals surface area (Å²) >= 11 is 6.16. The Bertz CT molecular complexity index is 706. The number of nitrogens with one attached hydrogen (secondary N) is 1. The molecule has 2 aromatic rings. The summed E-state index contributed by atoms with van der Waals surface area (Å²) in [6, 6.07) is 7.01. The van der Waals surface area contributed by atoms with Crippen molar-refractivity contribution in [2.45, 2.75) is 26.4 Å². The molecular weight excluding hydrogens is 316 g/mol. The number of likely N-dealkylation sites (N-methyl/N-ethyl adjacent to an activating group) is 1. The Balaban J connectivity index is 2.16. The Morgan fingerprint density at radius 3 is 2.70 bits per heavy atom. The number of rotatable bonds is 4. The van der Waals surface area contributed by atoms with Crippen LogP contribution in [0, 0.1) is 6.92 Å². The van der Waals surface area contributed by atoms with E-state index in [9.17, 15) is 9.90 Å². The van der Waals surface area contributed by atoms with E-state index in [1.54, 1.807) is 37.8 Å². The number of carbonyl (C=O) groups is 1. The van der Waals surface area contributed by atoms with Gasteiger partial charge in [0.15, 0.2) is 5.82 Å². The van der Waals surface area contributed by atoms with Crippen LogP contribution in [0.15, 0.2) is 30.5 Å². The lowest BCUT2D eigenvalue weighted by Gasteiger charge is -2.25. The minimum absolute atomic E-state index is 0.211. The zero-order valence-electron chi connectivity index (χ0n) is 13.7. The summed E-state index contributed by atoms with van der Waals surface area (Å²) in [7, 11) is 1.62. The third kappa shape index (κ3) is 4.46. The summed E-state index contributed by atoms with van der Waals surface area (Å²) in [6.45, 7) is 5.36. The average molecular weight is 337 g/mol. The van der Waals surface area contributed by atoms with Crippen LogP contribution in [0.5, 0.6) is 0 Å². The molecule has 2 amide bonds. The Morgan fingerprint density at radius 1 is 1.43 bits per heavy atom. The van der Waals surface area contributed by atoms with E-state index in [1.807, 2.05) is 25.1 Å². The van der Waals surface area contributed by atoms with Gasteiger partial charge in [0.1, 0.15) is 0 Å². The number of amides is 2. The van der Waals surface area contributed by atoms with Crippen molar-refractivity contribution in [2.75, 3.05) is 18.9 Å². The molecule has 1 heterocycles. The number of nitrogens with zero attached hydrogens (tertiary/aromatic N) is 3. The monoisotopic (exact) mass is 336 g/mol. The van der Waals surface area contributed by atoms with Crippen molar-refractivity contribution in [1.82, 2.24) is 14.7 Å². The number of aryl methyl sites for hydroxylation is 1. The van der Waals surface area contributed by atoms with E-state index < -0.39 is 5.60 Å². The molecule has 1 aromatic heterocycles. The van der Waals surface area contributed by atoms with Gasteiger partial charge in [-0.05, 0) is 32.9 Å².